The molecule has 9 nitrogen and oxygen atoms in total. The van der Waals surface area contributed by atoms with Crippen molar-refractivity contribution in [3.63, 3.8) is 0 Å². The first kappa shape index (κ1) is 23.3. The van der Waals surface area contributed by atoms with Crippen molar-refractivity contribution in [3.05, 3.63) is 30.0 Å². The van der Waals surface area contributed by atoms with Gasteiger partial charge in [-0.25, -0.2) is 18.4 Å². The monoisotopic (exact) mass is 480 g/mol. The lowest BCUT2D eigenvalue weighted by Gasteiger charge is -2.17. The molecule has 0 radical (unpaired) electrons. The molecule has 0 aliphatic heterocycles. The van der Waals surface area contributed by atoms with Crippen molar-refractivity contribution >= 4 is 37.6 Å². The molecule has 3 aromatic heterocycles. The predicted molar refractivity (Wildman–Crippen MR) is 124 cm³/mol. The Morgan fingerprint density at radius 2 is 2.06 bits per heavy atom. The van der Waals surface area contributed by atoms with E-state index >= 15 is 0 Å². The Kier molecular flexibility index (Phi) is 6.71. The van der Waals surface area contributed by atoms with Crippen LogP contribution in [0.2, 0.25) is 0 Å². The minimum Gasteiger partial charge on any atom is -0.772 e. The normalized spacial score (nSPS) is 24.6. The first-order chi connectivity index (χ1) is 15.2. The molecule has 2 aliphatic carbocycles. The third-order valence-electron chi connectivity index (χ3n) is 6.37. The van der Waals surface area contributed by atoms with Crippen molar-refractivity contribution < 1.29 is 17.2 Å². The van der Waals surface area contributed by atoms with E-state index in [9.17, 15) is 17.2 Å². The van der Waals surface area contributed by atoms with Gasteiger partial charge in [-0.3, -0.25) is 8.61 Å². The fourth-order valence-electron chi connectivity index (χ4n) is 4.56. The van der Waals surface area contributed by atoms with Crippen molar-refractivity contribution in [2.24, 2.45) is 11.7 Å². The van der Waals surface area contributed by atoms with Crippen LogP contribution in [0, 0.1) is 5.92 Å². The number of imidazole rings is 1. The molecule has 11 heteroatoms. The Morgan fingerprint density at radius 1 is 1.31 bits per heavy atom. The topological polar surface area (TPSA) is 146 Å². The third kappa shape index (κ3) is 5.05. The second-order valence-electron chi connectivity index (χ2n) is 8.95. The number of nitrogens with zero attached hydrogens (tertiary/aromatic N) is 3. The van der Waals surface area contributed by atoms with Crippen LogP contribution in [0.15, 0.2) is 18.5 Å². The summed E-state index contributed by atoms with van der Waals surface area (Å²) in [5.74, 6) is 1.87. The van der Waals surface area contributed by atoms with Gasteiger partial charge in [-0.15, -0.1) is 0 Å². The van der Waals surface area contributed by atoms with Gasteiger partial charge in [-0.05, 0) is 37.7 Å². The standard InChI is InChI=1S/C18H25N5O2S.C3H6O2S/c1-3-11-8-12(19)9-13(11)18-22-14(5-7-26(2,24)25)16-10-21-17-15(23(16)18)4-6-20-17;4-6(5)3-1-2-3/h4,6,10-13,20H,3,5,7-9,19H2,1-2H3;3H,1-2H2,(H,4,5)/p-1/t11-,12+,13?;/m1./s1. The summed E-state index contributed by atoms with van der Waals surface area (Å²) < 4.78 is 45.0. The largest absolute Gasteiger partial charge is 0.772 e. The molecule has 3 heterocycles. The summed E-state index contributed by atoms with van der Waals surface area (Å²) in [5.41, 5.74) is 9.73. The molecular weight excluding hydrogens is 450 g/mol. The second-order valence-corrected chi connectivity index (χ2v) is 12.4. The Hall–Kier alpha value is -1.82. The minimum absolute atomic E-state index is 0.0185. The van der Waals surface area contributed by atoms with Gasteiger partial charge >= 0.3 is 0 Å². The van der Waals surface area contributed by atoms with E-state index in [0.29, 0.717) is 12.3 Å². The highest BCUT2D eigenvalue weighted by atomic mass is 32.2. The molecule has 176 valence electrons. The van der Waals surface area contributed by atoms with Crippen LogP contribution in [0.25, 0.3) is 16.7 Å². The van der Waals surface area contributed by atoms with Gasteiger partial charge in [0.15, 0.2) is 5.65 Å². The summed E-state index contributed by atoms with van der Waals surface area (Å²) in [5, 5.41) is 0.0185. The summed E-state index contributed by atoms with van der Waals surface area (Å²) in [6.45, 7) is 2.20. The maximum atomic E-state index is 11.6. The number of aromatic amines is 1. The number of aryl methyl sites for hydroxylation is 1. The van der Waals surface area contributed by atoms with Crippen LogP contribution < -0.4 is 5.73 Å². The number of H-pyrrole nitrogens is 1. The Balaban J connectivity index is 0.000000354. The molecule has 5 rings (SSSR count). The van der Waals surface area contributed by atoms with Crippen molar-refractivity contribution in [2.75, 3.05) is 12.0 Å². The molecule has 0 spiro atoms. The van der Waals surface area contributed by atoms with Crippen LogP contribution in [0.4, 0.5) is 0 Å². The molecule has 3 aromatic rings. The zero-order valence-electron chi connectivity index (χ0n) is 18.4. The van der Waals surface area contributed by atoms with Gasteiger partial charge in [0.1, 0.15) is 15.7 Å². The van der Waals surface area contributed by atoms with Gasteiger partial charge in [0, 0.05) is 36.1 Å². The molecule has 3 N–H and O–H groups in total. The Morgan fingerprint density at radius 3 is 2.66 bits per heavy atom. The summed E-state index contributed by atoms with van der Waals surface area (Å²) >= 11 is -1.76. The number of aromatic nitrogens is 4. The summed E-state index contributed by atoms with van der Waals surface area (Å²) in [7, 11) is -3.05. The first-order valence-corrected chi connectivity index (χ1v) is 14.2. The molecule has 0 amide bonds. The lowest BCUT2D eigenvalue weighted by Crippen LogP contribution is -2.15. The number of hydrogen-bond donors (Lipinski definition) is 2. The van der Waals surface area contributed by atoms with Crippen LogP contribution in [0.3, 0.4) is 0 Å². The zero-order valence-corrected chi connectivity index (χ0v) is 20.0. The van der Waals surface area contributed by atoms with Crippen molar-refractivity contribution in [1.82, 2.24) is 19.4 Å². The molecule has 0 saturated heterocycles. The van der Waals surface area contributed by atoms with Crippen LogP contribution in [0.1, 0.15) is 56.5 Å². The van der Waals surface area contributed by atoms with E-state index in [-0.39, 0.29) is 23.0 Å². The highest BCUT2D eigenvalue weighted by Crippen LogP contribution is 2.41. The highest BCUT2D eigenvalue weighted by Gasteiger charge is 2.36. The smallest absolute Gasteiger partial charge is 0.154 e. The van der Waals surface area contributed by atoms with E-state index in [4.69, 9.17) is 10.7 Å². The van der Waals surface area contributed by atoms with E-state index in [1.165, 1.54) is 6.26 Å². The van der Waals surface area contributed by atoms with Crippen LogP contribution >= 0.6 is 0 Å². The van der Waals surface area contributed by atoms with Crippen molar-refractivity contribution in [2.45, 2.75) is 62.7 Å². The molecule has 2 saturated carbocycles. The van der Waals surface area contributed by atoms with Gasteiger partial charge < -0.3 is 15.3 Å². The number of fused-ring (bicyclic) bond motifs is 3. The molecule has 0 aromatic carbocycles. The Bertz CT molecular complexity index is 1230. The van der Waals surface area contributed by atoms with Crippen LogP contribution in [-0.2, 0) is 27.3 Å². The highest BCUT2D eigenvalue weighted by molar-refractivity contribution is 7.90. The molecule has 2 fully saturated rings. The molecule has 32 heavy (non-hydrogen) atoms. The fourth-order valence-corrected chi connectivity index (χ4v) is 5.64. The number of hydrogen-bond acceptors (Lipinski definition) is 7. The minimum atomic E-state index is -3.05. The maximum absolute atomic E-state index is 11.6. The number of sulfone groups is 1. The molecule has 4 atom stereocenters. The van der Waals surface area contributed by atoms with E-state index in [1.807, 2.05) is 12.3 Å². The van der Waals surface area contributed by atoms with Gasteiger partial charge in [0.25, 0.3) is 0 Å². The first-order valence-electron chi connectivity index (χ1n) is 11.0. The van der Waals surface area contributed by atoms with Crippen LogP contribution in [0.5, 0.6) is 0 Å². The quantitative estimate of drug-likeness (QED) is 0.513. The average molecular weight is 481 g/mol. The van der Waals surface area contributed by atoms with Gasteiger partial charge in [-0.1, -0.05) is 24.4 Å². The number of nitrogens with one attached hydrogen (secondary N) is 1. The summed E-state index contributed by atoms with van der Waals surface area (Å²) in [4.78, 5) is 12.6. The second kappa shape index (κ2) is 9.20. The average Bonchev–Trinajstić information content (AvgIpc) is 3.20. The molecule has 2 aliphatic rings. The summed E-state index contributed by atoms with van der Waals surface area (Å²) in [6.07, 6.45) is 10.1. The van der Waals surface area contributed by atoms with Gasteiger partial charge in [0.05, 0.1) is 28.7 Å². The number of nitrogens with two attached hydrogens (primary N) is 1. The summed E-state index contributed by atoms with van der Waals surface area (Å²) in [6, 6.07) is 2.19. The molecule has 0 bridgehead atoms. The van der Waals surface area contributed by atoms with Gasteiger partial charge in [-0.2, -0.15) is 0 Å². The van der Waals surface area contributed by atoms with Crippen molar-refractivity contribution in [3.8, 4) is 0 Å². The van der Waals surface area contributed by atoms with E-state index in [0.717, 1.165) is 60.3 Å². The number of rotatable bonds is 6. The SMILES string of the molecule is CC[C@@H]1C[C@H](N)CC1c1nc(CCS(C)(=O)=O)c2cnc3[nH]ccc3n12.O=S([O-])C1CC1. The van der Waals surface area contributed by atoms with Crippen LogP contribution in [-0.4, -0.2) is 59.8 Å². The fraction of sp³-hybridized carbons (Fsp3) is 0.619. The van der Waals surface area contributed by atoms with E-state index < -0.39 is 20.9 Å². The Labute approximate surface area is 190 Å². The maximum Gasteiger partial charge on any atom is 0.154 e. The predicted octanol–water partition coefficient (Wildman–Crippen LogP) is 2.06. The lowest BCUT2D eigenvalue weighted by atomic mass is 9.93. The van der Waals surface area contributed by atoms with Crippen molar-refractivity contribution in [1.29, 1.82) is 0 Å². The zero-order chi connectivity index (χ0) is 23.0. The van der Waals surface area contributed by atoms with E-state index in [2.05, 4.69) is 21.3 Å². The molecular formula is C21H30N5O4S2-. The van der Waals surface area contributed by atoms with Gasteiger partial charge in [0.2, 0.25) is 0 Å². The van der Waals surface area contributed by atoms with E-state index in [1.54, 1.807) is 6.20 Å². The molecule has 2 unspecified atom stereocenters. The third-order valence-corrected chi connectivity index (χ3v) is 8.33. The lowest BCUT2D eigenvalue weighted by molar-refractivity contribution is 0.451.